The topological polar surface area (TPSA) is 56.4 Å². The van der Waals surface area contributed by atoms with Crippen molar-refractivity contribution in [3.63, 3.8) is 0 Å². The lowest BCUT2D eigenvalue weighted by Crippen LogP contribution is -2.27. The highest BCUT2D eigenvalue weighted by Crippen LogP contribution is 2.39. The van der Waals surface area contributed by atoms with Crippen LogP contribution in [0.2, 0.25) is 0 Å². The molecule has 0 saturated heterocycles. The molecule has 0 aliphatic carbocycles. The lowest BCUT2D eigenvalue weighted by molar-refractivity contribution is -0.115. The molecule has 6 heteroatoms. The molecule has 2 heterocycles. The molecule has 1 aliphatic heterocycles. The van der Waals surface area contributed by atoms with Crippen LogP contribution in [0.5, 0.6) is 0 Å². The molecule has 20 heavy (non-hydrogen) atoms. The van der Waals surface area contributed by atoms with Crippen molar-refractivity contribution >= 4 is 40.5 Å². The second-order valence-corrected chi connectivity index (χ2v) is 4.72. The summed E-state index contributed by atoms with van der Waals surface area (Å²) >= 11 is 5.71. The zero-order chi connectivity index (χ0) is 14.3. The molecular weight excluding hydrogens is 278 g/mol. The molecule has 1 aliphatic rings. The molecule has 2 aromatic rings. The number of nitrogens with one attached hydrogen (secondary N) is 1. The number of halogens is 1. The normalized spacial score (nSPS) is 13.8. The third-order valence-electron chi connectivity index (χ3n) is 3.33. The van der Waals surface area contributed by atoms with Gasteiger partial charge in [-0.2, -0.15) is 0 Å². The van der Waals surface area contributed by atoms with E-state index in [2.05, 4.69) is 4.98 Å². The Labute approximate surface area is 120 Å². The van der Waals surface area contributed by atoms with E-state index in [9.17, 15) is 9.59 Å². The molecule has 1 N–H and O–H groups in total. The maximum Gasteiger partial charge on any atom is 0.276 e. The lowest BCUT2D eigenvalue weighted by atomic mass is 10.2. The minimum Gasteiger partial charge on any atom is -0.355 e. The fourth-order valence-electron chi connectivity index (χ4n) is 2.39. The Hall–Kier alpha value is -2.27. The van der Waals surface area contributed by atoms with E-state index in [0.29, 0.717) is 22.8 Å². The Morgan fingerprint density at radius 1 is 1.20 bits per heavy atom. The van der Waals surface area contributed by atoms with Gasteiger partial charge in [0, 0.05) is 13.2 Å². The molecule has 0 unspecified atom stereocenters. The van der Waals surface area contributed by atoms with Gasteiger partial charge < -0.3 is 9.88 Å². The van der Waals surface area contributed by atoms with E-state index in [1.807, 2.05) is 12.1 Å². The summed E-state index contributed by atoms with van der Waals surface area (Å²) in [5.74, 6) is -0.623. The number of benzene rings is 1. The number of aromatic nitrogens is 1. The highest BCUT2D eigenvalue weighted by atomic mass is 35.5. The minimum absolute atomic E-state index is 0.156. The number of rotatable bonds is 1. The van der Waals surface area contributed by atoms with Crippen molar-refractivity contribution in [2.75, 3.05) is 22.7 Å². The van der Waals surface area contributed by atoms with Gasteiger partial charge in [0.1, 0.15) is 11.6 Å². The summed E-state index contributed by atoms with van der Waals surface area (Å²) in [5.41, 5.74) is 2.22. The van der Waals surface area contributed by atoms with Crippen molar-refractivity contribution in [3.05, 3.63) is 42.2 Å². The minimum atomic E-state index is -0.275. The van der Waals surface area contributed by atoms with Gasteiger partial charge in [-0.25, -0.2) is 0 Å². The molecule has 5 nitrogen and oxygen atoms in total. The second-order valence-electron chi connectivity index (χ2n) is 4.45. The first-order chi connectivity index (χ1) is 9.65. The van der Waals surface area contributed by atoms with E-state index >= 15 is 0 Å². The average Bonchev–Trinajstić information content (AvgIpc) is 2.92. The summed E-state index contributed by atoms with van der Waals surface area (Å²) < 4.78 is 0. The number of H-pyrrole nitrogens is 1. The van der Waals surface area contributed by atoms with E-state index in [-0.39, 0.29) is 17.7 Å². The highest BCUT2D eigenvalue weighted by molar-refractivity contribution is 6.31. The van der Waals surface area contributed by atoms with Crippen molar-refractivity contribution < 1.29 is 9.59 Å². The summed E-state index contributed by atoms with van der Waals surface area (Å²) in [5, 5.41) is 0. The molecule has 1 aromatic carbocycles. The molecule has 0 saturated carbocycles. The third kappa shape index (κ3) is 1.71. The van der Waals surface area contributed by atoms with Crippen molar-refractivity contribution in [3.8, 4) is 0 Å². The van der Waals surface area contributed by atoms with Gasteiger partial charge in [0.2, 0.25) is 5.91 Å². The first-order valence-electron chi connectivity index (χ1n) is 6.08. The van der Waals surface area contributed by atoms with E-state index in [1.165, 1.54) is 9.80 Å². The van der Waals surface area contributed by atoms with Crippen LogP contribution in [-0.4, -0.2) is 29.7 Å². The van der Waals surface area contributed by atoms with Crippen molar-refractivity contribution in [1.82, 2.24) is 4.98 Å². The number of anilines is 3. The molecule has 0 fully saturated rings. The predicted octanol–water partition coefficient (Wildman–Crippen LogP) is 2.51. The number of aromatic amines is 1. The van der Waals surface area contributed by atoms with E-state index in [0.717, 1.165) is 0 Å². The van der Waals surface area contributed by atoms with Crippen LogP contribution in [0.25, 0.3) is 0 Å². The summed E-state index contributed by atoms with van der Waals surface area (Å²) in [7, 11) is 1.68. The van der Waals surface area contributed by atoms with Crippen LogP contribution in [-0.2, 0) is 4.79 Å². The quantitative estimate of drug-likeness (QED) is 0.820. The van der Waals surface area contributed by atoms with Gasteiger partial charge in [0.15, 0.2) is 0 Å². The van der Waals surface area contributed by atoms with Gasteiger partial charge in [-0.1, -0.05) is 12.1 Å². The predicted molar refractivity (Wildman–Crippen MR) is 77.8 cm³/mol. The standard InChI is InChI=1S/C14H12ClN3O2/c1-17-9-4-2-3-5-10(9)18(12(19)8-15)11-6-7-16-13(11)14(17)20/h2-7,16H,8H2,1H3. The smallest absolute Gasteiger partial charge is 0.276 e. The van der Waals surface area contributed by atoms with E-state index in [4.69, 9.17) is 11.6 Å². The molecule has 0 atom stereocenters. The maximum absolute atomic E-state index is 12.4. The van der Waals surface area contributed by atoms with Gasteiger partial charge >= 0.3 is 0 Å². The number of nitrogens with zero attached hydrogens (tertiary/aromatic N) is 2. The summed E-state index contributed by atoms with van der Waals surface area (Å²) in [6.45, 7) is 0. The third-order valence-corrected chi connectivity index (χ3v) is 3.56. The monoisotopic (exact) mass is 289 g/mol. The number of amides is 2. The maximum atomic E-state index is 12.4. The number of fused-ring (bicyclic) bond motifs is 2. The number of carbonyl (C=O) groups excluding carboxylic acids is 2. The van der Waals surface area contributed by atoms with Crippen LogP contribution >= 0.6 is 11.6 Å². The van der Waals surface area contributed by atoms with E-state index in [1.54, 1.807) is 31.4 Å². The van der Waals surface area contributed by atoms with Gasteiger partial charge in [-0.15, -0.1) is 11.6 Å². The van der Waals surface area contributed by atoms with Crippen molar-refractivity contribution in [1.29, 1.82) is 0 Å². The number of para-hydroxylation sites is 2. The van der Waals surface area contributed by atoms with Crippen LogP contribution < -0.4 is 9.80 Å². The van der Waals surface area contributed by atoms with Crippen LogP contribution in [0.4, 0.5) is 17.1 Å². The summed E-state index contributed by atoms with van der Waals surface area (Å²) in [6.07, 6.45) is 1.64. The second kappa shape index (κ2) is 4.68. The van der Waals surface area contributed by atoms with Crippen LogP contribution in [0.1, 0.15) is 10.5 Å². The first-order valence-corrected chi connectivity index (χ1v) is 6.62. The van der Waals surface area contributed by atoms with E-state index < -0.39 is 0 Å². The zero-order valence-electron chi connectivity index (χ0n) is 10.8. The van der Waals surface area contributed by atoms with Crippen molar-refractivity contribution in [2.24, 2.45) is 0 Å². The number of hydrogen-bond donors (Lipinski definition) is 1. The summed E-state index contributed by atoms with van der Waals surface area (Å²) in [6, 6.07) is 8.95. The fraction of sp³-hybridized carbons (Fsp3) is 0.143. The molecule has 2 amide bonds. The first kappa shape index (κ1) is 12.7. The molecule has 3 rings (SSSR count). The van der Waals surface area contributed by atoms with Crippen molar-refractivity contribution in [2.45, 2.75) is 0 Å². The Morgan fingerprint density at radius 3 is 2.60 bits per heavy atom. The Bertz CT molecular complexity index is 695. The zero-order valence-corrected chi connectivity index (χ0v) is 11.5. The van der Waals surface area contributed by atoms with Gasteiger partial charge in [0.05, 0.1) is 17.1 Å². The molecular formula is C14H12ClN3O2. The molecule has 0 radical (unpaired) electrons. The molecule has 0 bridgehead atoms. The molecule has 1 aromatic heterocycles. The van der Waals surface area contributed by atoms with Gasteiger partial charge in [-0.05, 0) is 18.2 Å². The summed E-state index contributed by atoms with van der Waals surface area (Å²) in [4.78, 5) is 30.5. The SMILES string of the molecule is CN1C(=O)c2[nH]ccc2N(C(=O)CCl)c2ccccc21. The van der Waals surface area contributed by atoms with Gasteiger partial charge in [0.25, 0.3) is 5.91 Å². The van der Waals surface area contributed by atoms with Gasteiger partial charge in [-0.3, -0.25) is 14.5 Å². The molecule has 102 valence electrons. The highest BCUT2D eigenvalue weighted by Gasteiger charge is 2.32. The van der Waals surface area contributed by atoms with Crippen LogP contribution in [0.15, 0.2) is 36.5 Å². The number of alkyl halides is 1. The Kier molecular flexibility index (Phi) is 2.99. The Morgan fingerprint density at radius 2 is 1.90 bits per heavy atom. The molecule has 0 spiro atoms. The Balaban J connectivity index is 2.31. The average molecular weight is 290 g/mol. The van der Waals surface area contributed by atoms with Crippen LogP contribution in [0, 0.1) is 0 Å². The number of hydrogen-bond acceptors (Lipinski definition) is 2. The fourth-order valence-corrected chi connectivity index (χ4v) is 2.51. The lowest BCUT2D eigenvalue weighted by Gasteiger charge is -2.23. The van der Waals surface area contributed by atoms with Crippen LogP contribution in [0.3, 0.4) is 0 Å². The number of carbonyl (C=O) groups is 2. The largest absolute Gasteiger partial charge is 0.355 e.